The van der Waals surface area contributed by atoms with E-state index < -0.39 is 6.18 Å². The van der Waals surface area contributed by atoms with Crippen LogP contribution in [0.2, 0.25) is 0 Å². The predicted molar refractivity (Wildman–Crippen MR) is 32.4 cm³/mol. The topological polar surface area (TPSA) is 23.8 Å². The van der Waals surface area contributed by atoms with Gasteiger partial charge in [-0.3, -0.25) is 0 Å². The standard InChI is InChI=1S/C2F3N.2H2S/c3-2(4,5)1-6;;/h;2*1H2. The summed E-state index contributed by atoms with van der Waals surface area (Å²) in [6.07, 6.45) is -4.65. The Labute approximate surface area is 58.4 Å². The third-order valence-electron chi connectivity index (χ3n) is 0.127. The Balaban J connectivity index is -0.000000125. The average Bonchev–Trinajstić information content (AvgIpc) is 1.35. The number of nitriles is 1. The summed E-state index contributed by atoms with van der Waals surface area (Å²) in [7, 11) is 0. The maximum absolute atomic E-state index is 10.4. The minimum absolute atomic E-state index is 0. The number of rotatable bonds is 0. The zero-order valence-corrected chi connectivity index (χ0v) is 5.58. The normalized spacial score (nSPS) is 7.75. The summed E-state index contributed by atoms with van der Waals surface area (Å²) >= 11 is 0. The van der Waals surface area contributed by atoms with Crippen LogP contribution in [0.5, 0.6) is 0 Å². The molecule has 1 nitrogen and oxygen atoms in total. The second-order valence-corrected chi connectivity index (χ2v) is 0.610. The Morgan fingerprint density at radius 1 is 1.12 bits per heavy atom. The Morgan fingerprint density at radius 2 is 1.25 bits per heavy atom. The molecule has 0 aromatic carbocycles. The van der Waals surface area contributed by atoms with Gasteiger partial charge in [0, 0.05) is 0 Å². The van der Waals surface area contributed by atoms with Gasteiger partial charge >= 0.3 is 6.18 Å². The number of alkyl halides is 3. The second-order valence-electron chi connectivity index (χ2n) is 0.610. The van der Waals surface area contributed by atoms with E-state index in [9.17, 15) is 13.2 Å². The smallest absolute Gasteiger partial charge is 0.197 e. The minimum Gasteiger partial charge on any atom is -0.197 e. The summed E-state index contributed by atoms with van der Waals surface area (Å²) in [5, 5.41) is 7.03. The predicted octanol–water partition coefficient (Wildman–Crippen LogP) is 1.30. The molecular weight excluding hydrogens is 159 g/mol. The molecule has 0 unspecified atom stereocenters. The quantitative estimate of drug-likeness (QED) is 0.528. The summed E-state index contributed by atoms with van der Waals surface area (Å²) in [6, 6.07) is 0.104. The van der Waals surface area contributed by atoms with Crippen LogP contribution in [0, 0.1) is 11.3 Å². The van der Waals surface area contributed by atoms with Crippen molar-refractivity contribution in [2.24, 2.45) is 0 Å². The highest BCUT2D eigenvalue weighted by Crippen LogP contribution is 2.10. The van der Waals surface area contributed by atoms with Gasteiger partial charge in [0.2, 0.25) is 0 Å². The molecule has 0 aromatic rings. The highest BCUT2D eigenvalue weighted by Gasteiger charge is 2.25. The van der Waals surface area contributed by atoms with Gasteiger partial charge in [-0.1, -0.05) is 0 Å². The van der Waals surface area contributed by atoms with Crippen LogP contribution in [-0.4, -0.2) is 6.18 Å². The van der Waals surface area contributed by atoms with E-state index in [1.165, 1.54) is 0 Å². The van der Waals surface area contributed by atoms with Gasteiger partial charge in [-0.25, -0.2) is 0 Å². The van der Waals surface area contributed by atoms with Crippen molar-refractivity contribution in [2.45, 2.75) is 6.18 Å². The largest absolute Gasteiger partial charge is 0.483 e. The molecule has 0 radical (unpaired) electrons. The zero-order valence-electron chi connectivity index (χ0n) is 3.58. The van der Waals surface area contributed by atoms with Gasteiger partial charge in [-0.15, -0.1) is 0 Å². The lowest BCUT2D eigenvalue weighted by molar-refractivity contribution is -0.0717. The first-order valence-corrected chi connectivity index (χ1v) is 1.04. The molecule has 0 atom stereocenters. The molecule has 0 aliphatic heterocycles. The third-order valence-corrected chi connectivity index (χ3v) is 0.127. The molecule has 50 valence electrons. The van der Waals surface area contributed by atoms with Crippen molar-refractivity contribution in [3.63, 3.8) is 0 Å². The van der Waals surface area contributed by atoms with E-state index in [0.717, 1.165) is 0 Å². The fourth-order valence-electron chi connectivity index (χ4n) is 0. The highest BCUT2D eigenvalue weighted by atomic mass is 32.1. The van der Waals surface area contributed by atoms with Crippen molar-refractivity contribution in [3.8, 4) is 6.07 Å². The molecule has 8 heavy (non-hydrogen) atoms. The molecular formula is C2H4F3NS2. The minimum atomic E-state index is -4.65. The molecule has 0 aromatic heterocycles. The van der Waals surface area contributed by atoms with E-state index in [4.69, 9.17) is 5.26 Å². The lowest BCUT2D eigenvalue weighted by atomic mass is 10.8. The van der Waals surface area contributed by atoms with Crippen molar-refractivity contribution in [1.82, 2.24) is 0 Å². The number of nitrogens with zero attached hydrogens (tertiary/aromatic N) is 1. The van der Waals surface area contributed by atoms with Gasteiger partial charge in [0.25, 0.3) is 0 Å². The van der Waals surface area contributed by atoms with E-state index in [0.29, 0.717) is 0 Å². The van der Waals surface area contributed by atoms with Gasteiger partial charge < -0.3 is 0 Å². The SMILES string of the molecule is N#CC(F)(F)F.S.S. The van der Waals surface area contributed by atoms with Crippen molar-refractivity contribution >= 4 is 27.0 Å². The first kappa shape index (κ1) is 15.7. The van der Waals surface area contributed by atoms with Gasteiger partial charge in [0.1, 0.15) is 0 Å². The molecule has 0 fully saturated rings. The van der Waals surface area contributed by atoms with Crippen LogP contribution in [0.15, 0.2) is 0 Å². The summed E-state index contributed by atoms with van der Waals surface area (Å²) in [6.45, 7) is 0. The van der Waals surface area contributed by atoms with Crippen LogP contribution >= 0.6 is 27.0 Å². The first-order valence-electron chi connectivity index (χ1n) is 1.04. The lowest BCUT2D eigenvalue weighted by Gasteiger charge is -1.84. The van der Waals surface area contributed by atoms with E-state index in [1.807, 2.05) is 0 Å². The van der Waals surface area contributed by atoms with Gasteiger partial charge in [0.15, 0.2) is 6.07 Å². The molecule has 0 heterocycles. The fourth-order valence-corrected chi connectivity index (χ4v) is 0. The summed E-state index contributed by atoms with van der Waals surface area (Å²) < 4.78 is 31.3. The Bertz CT molecular complexity index is 82.3. The van der Waals surface area contributed by atoms with Crippen LogP contribution < -0.4 is 0 Å². The van der Waals surface area contributed by atoms with Crippen molar-refractivity contribution in [1.29, 1.82) is 5.26 Å². The summed E-state index contributed by atoms with van der Waals surface area (Å²) in [5.41, 5.74) is 0. The highest BCUT2D eigenvalue weighted by molar-refractivity contribution is 7.59. The Morgan fingerprint density at radius 3 is 1.25 bits per heavy atom. The van der Waals surface area contributed by atoms with Crippen LogP contribution in [0.1, 0.15) is 0 Å². The van der Waals surface area contributed by atoms with Crippen LogP contribution in [-0.2, 0) is 0 Å². The Hall–Kier alpha value is -0.0200. The van der Waals surface area contributed by atoms with E-state index in [1.54, 1.807) is 0 Å². The Kier molecular flexibility index (Phi) is 10.0. The number of hydrogen-bond acceptors (Lipinski definition) is 1. The molecule has 0 saturated heterocycles. The average molecular weight is 163 g/mol. The fraction of sp³-hybridized carbons (Fsp3) is 0.500. The zero-order chi connectivity index (χ0) is 5.21. The third kappa shape index (κ3) is 16.7. The molecule has 0 amide bonds. The lowest BCUT2D eigenvalue weighted by Crippen LogP contribution is -1.99. The molecule has 0 aliphatic carbocycles. The first-order chi connectivity index (χ1) is 2.56. The van der Waals surface area contributed by atoms with E-state index >= 15 is 0 Å². The van der Waals surface area contributed by atoms with Gasteiger partial charge in [-0.05, 0) is 0 Å². The molecule has 0 spiro atoms. The van der Waals surface area contributed by atoms with Crippen molar-refractivity contribution in [2.75, 3.05) is 0 Å². The maximum Gasteiger partial charge on any atom is 0.483 e. The monoisotopic (exact) mass is 163 g/mol. The maximum atomic E-state index is 10.4. The van der Waals surface area contributed by atoms with Crippen molar-refractivity contribution in [3.05, 3.63) is 0 Å². The molecule has 0 aliphatic rings. The van der Waals surface area contributed by atoms with E-state index in [2.05, 4.69) is 0 Å². The van der Waals surface area contributed by atoms with Crippen LogP contribution in [0.3, 0.4) is 0 Å². The van der Waals surface area contributed by atoms with Gasteiger partial charge in [0.05, 0.1) is 0 Å². The second kappa shape index (κ2) is 5.12. The summed E-state index contributed by atoms with van der Waals surface area (Å²) in [5.74, 6) is 0. The van der Waals surface area contributed by atoms with Crippen molar-refractivity contribution < 1.29 is 13.2 Å². The molecule has 0 saturated carbocycles. The number of hydrogen-bond donors (Lipinski definition) is 0. The molecule has 0 N–H and O–H groups in total. The molecule has 6 heteroatoms. The molecule has 0 rings (SSSR count). The molecule has 0 bridgehead atoms. The van der Waals surface area contributed by atoms with Crippen LogP contribution in [0.25, 0.3) is 0 Å². The van der Waals surface area contributed by atoms with Crippen LogP contribution in [0.4, 0.5) is 13.2 Å². The number of halogens is 3. The van der Waals surface area contributed by atoms with E-state index in [-0.39, 0.29) is 33.1 Å². The van der Waals surface area contributed by atoms with Gasteiger partial charge in [-0.2, -0.15) is 45.4 Å². The summed E-state index contributed by atoms with van der Waals surface area (Å²) in [4.78, 5) is 0.